The highest BCUT2D eigenvalue weighted by Crippen LogP contribution is 2.26. The number of nitrogens with zero attached hydrogens (tertiary/aromatic N) is 2. The highest BCUT2D eigenvalue weighted by molar-refractivity contribution is 5.79. The number of rotatable bonds is 3. The molecular weight excluding hydrogens is 418 g/mol. The molecule has 7 nitrogen and oxygen atoms in total. The number of carbonyl (C=O) groups excluding carboxylic acids is 1. The van der Waals surface area contributed by atoms with E-state index < -0.39 is 0 Å². The summed E-state index contributed by atoms with van der Waals surface area (Å²) in [5.74, 6) is 2.64. The van der Waals surface area contributed by atoms with Crippen molar-refractivity contribution in [1.29, 1.82) is 0 Å². The fourth-order valence-electron chi connectivity index (χ4n) is 4.39. The van der Waals surface area contributed by atoms with Crippen molar-refractivity contribution >= 4 is 5.91 Å². The van der Waals surface area contributed by atoms with Crippen LogP contribution in [0.25, 0.3) is 0 Å². The van der Waals surface area contributed by atoms with Gasteiger partial charge in [0.25, 0.3) is 0 Å². The van der Waals surface area contributed by atoms with E-state index >= 15 is 0 Å². The Morgan fingerprint density at radius 1 is 1.06 bits per heavy atom. The molecule has 172 valence electrons. The van der Waals surface area contributed by atoms with Crippen molar-refractivity contribution in [2.45, 2.75) is 51.5 Å². The van der Waals surface area contributed by atoms with Crippen molar-refractivity contribution in [2.75, 3.05) is 13.1 Å². The van der Waals surface area contributed by atoms with Crippen LogP contribution in [0.15, 0.2) is 59.1 Å². The third kappa shape index (κ3) is 5.26. The number of fused-ring (bicyclic) bond motifs is 5. The lowest BCUT2D eigenvalue weighted by Crippen LogP contribution is -2.44. The van der Waals surface area contributed by atoms with E-state index in [1.165, 1.54) is 0 Å². The predicted octanol–water partition coefficient (Wildman–Crippen LogP) is 4.03. The minimum absolute atomic E-state index is 0.0216. The summed E-state index contributed by atoms with van der Waals surface area (Å²) in [7, 11) is 0. The lowest BCUT2D eigenvalue weighted by Gasteiger charge is -2.21. The third-order valence-corrected chi connectivity index (χ3v) is 6.08. The highest BCUT2D eigenvalue weighted by Gasteiger charge is 2.35. The summed E-state index contributed by atoms with van der Waals surface area (Å²) in [6.07, 6.45) is 0.172. The zero-order valence-electron chi connectivity index (χ0n) is 19.0. The van der Waals surface area contributed by atoms with Gasteiger partial charge in [-0.1, -0.05) is 43.3 Å². The van der Waals surface area contributed by atoms with Crippen molar-refractivity contribution in [3.8, 4) is 11.5 Å². The third-order valence-electron chi connectivity index (χ3n) is 6.08. The van der Waals surface area contributed by atoms with E-state index in [-0.39, 0.29) is 18.1 Å². The van der Waals surface area contributed by atoms with Crippen LogP contribution in [0.5, 0.6) is 11.5 Å². The second-order valence-corrected chi connectivity index (χ2v) is 9.17. The summed E-state index contributed by atoms with van der Waals surface area (Å²) in [5, 5.41) is 7.42. The standard InChI is InChI=1S/C26H29N3O4/c1-17(2)24-12-20(28-33-24)13-29-14-23-25(15-29)31-16-19-6-4-8-22(10-19)32-21-7-3-5-18(9-21)11-26(30)27-23/h3-10,12,17,23,25H,11,13-16H2,1-2H3,(H,27,30)/t23-,25-/m0/s1. The first-order valence-corrected chi connectivity index (χ1v) is 11.5. The molecule has 1 N–H and O–H groups in total. The molecule has 3 heterocycles. The number of ether oxygens (including phenoxy) is 2. The van der Waals surface area contributed by atoms with E-state index in [1.807, 2.05) is 54.6 Å². The maximum Gasteiger partial charge on any atom is 0.224 e. The molecule has 1 aromatic heterocycles. The van der Waals surface area contributed by atoms with Crippen LogP contribution in [-0.2, 0) is 29.1 Å². The first kappa shape index (κ1) is 21.7. The molecular formula is C26H29N3O4. The van der Waals surface area contributed by atoms with Crippen molar-refractivity contribution in [3.05, 3.63) is 77.2 Å². The minimum atomic E-state index is -0.121. The average molecular weight is 448 g/mol. The van der Waals surface area contributed by atoms with Crippen molar-refractivity contribution < 1.29 is 18.8 Å². The number of amides is 1. The second-order valence-electron chi connectivity index (χ2n) is 9.17. The summed E-state index contributed by atoms with van der Waals surface area (Å²) >= 11 is 0. The van der Waals surface area contributed by atoms with Crippen LogP contribution in [0.3, 0.4) is 0 Å². The molecule has 4 bridgehead atoms. The molecule has 1 saturated heterocycles. The molecule has 0 saturated carbocycles. The molecule has 1 amide bonds. The topological polar surface area (TPSA) is 76.8 Å². The Morgan fingerprint density at radius 2 is 1.82 bits per heavy atom. The Hall–Kier alpha value is -3.16. The monoisotopic (exact) mass is 447 g/mol. The van der Waals surface area contributed by atoms with E-state index in [9.17, 15) is 4.79 Å². The largest absolute Gasteiger partial charge is 0.457 e. The van der Waals surface area contributed by atoms with Gasteiger partial charge in [0.2, 0.25) is 5.91 Å². The molecule has 2 aromatic carbocycles. The highest BCUT2D eigenvalue weighted by atomic mass is 16.5. The molecule has 5 rings (SSSR count). The lowest BCUT2D eigenvalue weighted by atomic mass is 10.1. The molecule has 3 aromatic rings. The Morgan fingerprint density at radius 3 is 2.58 bits per heavy atom. The zero-order valence-corrected chi connectivity index (χ0v) is 19.0. The van der Waals surface area contributed by atoms with Crippen LogP contribution in [-0.4, -0.2) is 41.2 Å². The maximum atomic E-state index is 12.9. The first-order valence-electron chi connectivity index (χ1n) is 11.5. The number of hydrogen-bond acceptors (Lipinski definition) is 6. The fraction of sp³-hybridized carbons (Fsp3) is 0.385. The van der Waals surface area contributed by atoms with Gasteiger partial charge >= 0.3 is 0 Å². The number of carbonyl (C=O) groups is 1. The van der Waals surface area contributed by atoms with Gasteiger partial charge in [0.1, 0.15) is 17.3 Å². The fourth-order valence-corrected chi connectivity index (χ4v) is 4.39. The van der Waals surface area contributed by atoms with Gasteiger partial charge in [-0.15, -0.1) is 0 Å². The Labute approximate surface area is 193 Å². The molecule has 2 atom stereocenters. The SMILES string of the molecule is CC(C)c1cc(CN2C[C@@H]3NC(=O)Cc4cccc(c4)Oc4cccc(c4)CO[C@H]3C2)no1. The smallest absolute Gasteiger partial charge is 0.224 e. The number of benzene rings is 2. The van der Waals surface area contributed by atoms with Crippen LogP contribution >= 0.6 is 0 Å². The Balaban J connectivity index is 1.35. The number of likely N-dealkylation sites (tertiary alicyclic amines) is 1. The van der Waals surface area contributed by atoms with E-state index in [1.54, 1.807) is 0 Å². The van der Waals surface area contributed by atoms with Crippen LogP contribution in [0, 0.1) is 0 Å². The molecule has 0 aliphatic carbocycles. The van der Waals surface area contributed by atoms with Crippen molar-refractivity contribution in [2.24, 2.45) is 0 Å². The lowest BCUT2D eigenvalue weighted by molar-refractivity contribution is -0.122. The predicted molar refractivity (Wildman–Crippen MR) is 123 cm³/mol. The second kappa shape index (κ2) is 9.37. The van der Waals surface area contributed by atoms with Gasteiger partial charge < -0.3 is 19.3 Å². The van der Waals surface area contributed by atoms with Crippen LogP contribution in [0.4, 0.5) is 0 Å². The summed E-state index contributed by atoms with van der Waals surface area (Å²) in [4.78, 5) is 15.1. The number of aromatic nitrogens is 1. The van der Waals surface area contributed by atoms with Gasteiger partial charge in [0, 0.05) is 31.6 Å². The molecule has 0 spiro atoms. The van der Waals surface area contributed by atoms with E-state index in [0.717, 1.165) is 28.3 Å². The molecule has 7 heteroatoms. The summed E-state index contributed by atoms with van der Waals surface area (Å²) < 4.78 is 17.8. The van der Waals surface area contributed by atoms with Crippen LogP contribution < -0.4 is 10.1 Å². The quantitative estimate of drug-likeness (QED) is 0.653. The molecule has 2 aliphatic heterocycles. The Bertz CT molecular complexity index is 1130. The van der Waals surface area contributed by atoms with Crippen molar-refractivity contribution in [3.63, 3.8) is 0 Å². The number of hydrogen-bond donors (Lipinski definition) is 1. The molecule has 1 fully saturated rings. The summed E-state index contributed by atoms with van der Waals surface area (Å²) in [6, 6.07) is 17.5. The Kier molecular flexibility index (Phi) is 6.15. The van der Waals surface area contributed by atoms with E-state index in [2.05, 4.69) is 29.2 Å². The van der Waals surface area contributed by atoms with Gasteiger partial charge in [-0.25, -0.2) is 0 Å². The first-order chi connectivity index (χ1) is 16.0. The number of nitrogens with one attached hydrogen (secondary N) is 1. The maximum absolute atomic E-state index is 12.9. The van der Waals surface area contributed by atoms with Crippen molar-refractivity contribution in [1.82, 2.24) is 15.4 Å². The van der Waals surface area contributed by atoms with Crippen LogP contribution in [0.2, 0.25) is 0 Å². The molecule has 0 radical (unpaired) electrons. The molecule has 2 aliphatic rings. The summed E-state index contributed by atoms with van der Waals surface area (Å²) in [6.45, 7) is 6.69. The summed E-state index contributed by atoms with van der Waals surface area (Å²) in [5.41, 5.74) is 2.84. The van der Waals surface area contributed by atoms with Gasteiger partial charge in [-0.3, -0.25) is 9.69 Å². The minimum Gasteiger partial charge on any atom is -0.457 e. The normalized spacial score (nSPS) is 21.2. The van der Waals surface area contributed by atoms with Crippen LogP contribution in [0.1, 0.15) is 42.3 Å². The van der Waals surface area contributed by atoms with Gasteiger partial charge in [0.05, 0.1) is 30.9 Å². The van der Waals surface area contributed by atoms with Gasteiger partial charge in [0.15, 0.2) is 0 Å². The molecule has 0 unspecified atom stereocenters. The average Bonchev–Trinajstić information content (AvgIpc) is 3.39. The van der Waals surface area contributed by atoms with Gasteiger partial charge in [-0.05, 0) is 35.4 Å². The van der Waals surface area contributed by atoms with Gasteiger partial charge in [-0.2, -0.15) is 0 Å². The van der Waals surface area contributed by atoms with E-state index in [0.29, 0.717) is 44.3 Å². The molecule has 33 heavy (non-hydrogen) atoms. The zero-order chi connectivity index (χ0) is 22.8. The van der Waals surface area contributed by atoms with E-state index in [4.69, 9.17) is 14.0 Å².